The van der Waals surface area contributed by atoms with Crippen LogP contribution in [0.1, 0.15) is 49.7 Å². The van der Waals surface area contributed by atoms with Gasteiger partial charge in [-0.25, -0.2) is 4.79 Å². The van der Waals surface area contributed by atoms with E-state index in [1.807, 2.05) is 6.92 Å². The predicted octanol–water partition coefficient (Wildman–Crippen LogP) is 3.66. The molecule has 1 aliphatic carbocycles. The first-order valence-electron chi connectivity index (χ1n) is 12.3. The molecule has 1 aliphatic heterocycles. The molecule has 2 aromatic rings. The Hall–Kier alpha value is -2.58. The van der Waals surface area contributed by atoms with Crippen LogP contribution >= 0.6 is 11.6 Å². The number of ether oxygens (including phenoxy) is 2. The van der Waals surface area contributed by atoms with Crippen LogP contribution in [0.25, 0.3) is 11.0 Å². The summed E-state index contributed by atoms with van der Waals surface area (Å²) in [5, 5.41) is 7.03. The van der Waals surface area contributed by atoms with Crippen molar-refractivity contribution in [3.8, 4) is 5.75 Å². The summed E-state index contributed by atoms with van der Waals surface area (Å²) in [7, 11) is 0. The lowest BCUT2D eigenvalue weighted by molar-refractivity contribution is -0.127. The SMILES string of the molecule is Cc1c(C)c2cc(Cl)c(OCC(=O)NCC3CCC(C(=O)NCC4CCCO4)CC3)cc2oc1=O. The molecule has 1 atom stereocenters. The Labute approximate surface area is 209 Å². The Morgan fingerprint density at radius 2 is 1.83 bits per heavy atom. The molecule has 2 N–H and O–H groups in total. The fraction of sp³-hybridized carbons (Fsp3) is 0.577. The molecule has 35 heavy (non-hydrogen) atoms. The number of fused-ring (bicyclic) bond motifs is 1. The van der Waals surface area contributed by atoms with Crippen molar-refractivity contribution in [1.82, 2.24) is 10.6 Å². The smallest absolute Gasteiger partial charge is 0.339 e. The van der Waals surface area contributed by atoms with Gasteiger partial charge in [0.1, 0.15) is 11.3 Å². The molecule has 1 aromatic carbocycles. The van der Waals surface area contributed by atoms with Gasteiger partial charge in [-0.1, -0.05) is 11.6 Å². The first-order valence-corrected chi connectivity index (χ1v) is 12.7. The van der Waals surface area contributed by atoms with Crippen molar-refractivity contribution in [2.75, 3.05) is 26.3 Å². The highest BCUT2D eigenvalue weighted by Gasteiger charge is 2.27. The van der Waals surface area contributed by atoms with E-state index in [0.29, 0.717) is 35.2 Å². The van der Waals surface area contributed by atoms with Gasteiger partial charge in [-0.05, 0) is 69.9 Å². The summed E-state index contributed by atoms with van der Waals surface area (Å²) in [4.78, 5) is 36.7. The molecule has 9 heteroatoms. The summed E-state index contributed by atoms with van der Waals surface area (Å²) >= 11 is 6.33. The van der Waals surface area contributed by atoms with Crippen LogP contribution in [0, 0.1) is 25.7 Å². The van der Waals surface area contributed by atoms with E-state index < -0.39 is 5.63 Å². The van der Waals surface area contributed by atoms with Crippen LogP contribution in [-0.4, -0.2) is 44.2 Å². The molecule has 2 aliphatic rings. The van der Waals surface area contributed by atoms with E-state index >= 15 is 0 Å². The van der Waals surface area contributed by atoms with Crippen LogP contribution in [0.15, 0.2) is 21.3 Å². The van der Waals surface area contributed by atoms with Crippen molar-refractivity contribution < 1.29 is 23.5 Å². The van der Waals surface area contributed by atoms with Crippen molar-refractivity contribution in [3.63, 3.8) is 0 Å². The van der Waals surface area contributed by atoms with Gasteiger partial charge in [0, 0.05) is 42.6 Å². The number of nitrogens with one attached hydrogen (secondary N) is 2. The summed E-state index contributed by atoms with van der Waals surface area (Å²) < 4.78 is 16.5. The fourth-order valence-electron chi connectivity index (χ4n) is 4.80. The van der Waals surface area contributed by atoms with Gasteiger partial charge in [0.15, 0.2) is 6.61 Å². The van der Waals surface area contributed by atoms with Crippen LogP contribution in [-0.2, 0) is 14.3 Å². The Kier molecular flexibility index (Phi) is 8.34. The number of carbonyl (C=O) groups is 2. The highest BCUT2D eigenvalue weighted by Crippen LogP contribution is 2.32. The van der Waals surface area contributed by atoms with Crippen LogP contribution in [0.4, 0.5) is 0 Å². The summed E-state index contributed by atoms with van der Waals surface area (Å²) in [6.07, 6.45) is 5.68. The summed E-state index contributed by atoms with van der Waals surface area (Å²) in [5.74, 6) is 0.527. The van der Waals surface area contributed by atoms with Crippen molar-refractivity contribution in [1.29, 1.82) is 0 Å². The number of carbonyl (C=O) groups excluding carboxylic acids is 2. The first-order chi connectivity index (χ1) is 16.8. The zero-order chi connectivity index (χ0) is 24.9. The first kappa shape index (κ1) is 25.5. The number of hydrogen-bond donors (Lipinski definition) is 2. The monoisotopic (exact) mass is 504 g/mol. The molecule has 1 unspecified atom stereocenters. The molecule has 2 heterocycles. The maximum absolute atomic E-state index is 12.4. The van der Waals surface area contributed by atoms with Crippen LogP contribution in [0.2, 0.25) is 5.02 Å². The minimum absolute atomic E-state index is 0.0363. The molecule has 8 nitrogen and oxygen atoms in total. The van der Waals surface area contributed by atoms with E-state index in [9.17, 15) is 14.4 Å². The summed E-state index contributed by atoms with van der Waals surface area (Å²) in [6, 6.07) is 3.23. The second kappa shape index (κ2) is 11.4. The van der Waals surface area contributed by atoms with Gasteiger partial charge in [0.2, 0.25) is 5.91 Å². The van der Waals surface area contributed by atoms with E-state index in [1.165, 1.54) is 0 Å². The minimum atomic E-state index is -0.406. The predicted molar refractivity (Wildman–Crippen MR) is 133 cm³/mol. The van der Waals surface area contributed by atoms with E-state index in [2.05, 4.69) is 10.6 Å². The molecule has 2 fully saturated rings. The number of aryl methyl sites for hydroxylation is 1. The van der Waals surface area contributed by atoms with Crippen LogP contribution in [0.5, 0.6) is 5.75 Å². The lowest BCUT2D eigenvalue weighted by Crippen LogP contribution is -2.39. The van der Waals surface area contributed by atoms with Gasteiger partial charge in [-0.2, -0.15) is 0 Å². The van der Waals surface area contributed by atoms with Gasteiger partial charge < -0.3 is 24.5 Å². The maximum Gasteiger partial charge on any atom is 0.339 e. The Bertz CT molecular complexity index is 1130. The molecule has 0 spiro atoms. The highest BCUT2D eigenvalue weighted by molar-refractivity contribution is 6.32. The lowest BCUT2D eigenvalue weighted by Gasteiger charge is -2.28. The van der Waals surface area contributed by atoms with Crippen LogP contribution in [0.3, 0.4) is 0 Å². The van der Waals surface area contributed by atoms with Gasteiger partial charge in [0.25, 0.3) is 5.91 Å². The largest absolute Gasteiger partial charge is 0.482 e. The third kappa shape index (κ3) is 6.35. The maximum atomic E-state index is 12.4. The highest BCUT2D eigenvalue weighted by atomic mass is 35.5. The Morgan fingerprint density at radius 1 is 1.06 bits per heavy atom. The third-order valence-corrected chi connectivity index (χ3v) is 7.50. The molecule has 4 rings (SSSR count). The second-order valence-electron chi connectivity index (χ2n) is 9.61. The summed E-state index contributed by atoms with van der Waals surface area (Å²) in [6.45, 7) is 5.28. The standard InChI is InChI=1S/C26H33ClN2O6/c1-15-16(2)26(32)35-22-11-23(21(27)10-20(15)22)34-14-24(30)28-12-17-5-7-18(8-6-17)25(31)29-13-19-4-3-9-33-19/h10-11,17-19H,3-9,12-14H2,1-2H3,(H,28,30)(H,29,31). The van der Waals surface area contributed by atoms with Gasteiger partial charge in [-0.3, -0.25) is 9.59 Å². The summed E-state index contributed by atoms with van der Waals surface area (Å²) in [5.41, 5.74) is 1.30. The fourth-order valence-corrected chi connectivity index (χ4v) is 5.02. The zero-order valence-electron chi connectivity index (χ0n) is 20.3. The Morgan fingerprint density at radius 3 is 2.54 bits per heavy atom. The van der Waals surface area contributed by atoms with Crippen LogP contribution < -0.4 is 21.0 Å². The lowest BCUT2D eigenvalue weighted by atomic mass is 9.81. The zero-order valence-corrected chi connectivity index (χ0v) is 21.0. The normalized spacial score (nSPS) is 22.2. The van der Waals surface area contributed by atoms with Crippen molar-refractivity contribution in [2.24, 2.45) is 11.8 Å². The molecular formula is C26H33ClN2O6. The van der Waals surface area contributed by atoms with Crippen molar-refractivity contribution >= 4 is 34.4 Å². The van der Waals surface area contributed by atoms with E-state index in [-0.39, 0.29) is 36.2 Å². The minimum Gasteiger partial charge on any atom is -0.482 e. The van der Waals surface area contributed by atoms with Gasteiger partial charge >= 0.3 is 5.63 Å². The van der Waals surface area contributed by atoms with Gasteiger partial charge in [0.05, 0.1) is 11.1 Å². The van der Waals surface area contributed by atoms with E-state index in [0.717, 1.165) is 56.1 Å². The molecule has 1 aromatic heterocycles. The molecule has 2 amide bonds. The third-order valence-electron chi connectivity index (χ3n) is 7.20. The number of hydrogen-bond acceptors (Lipinski definition) is 6. The number of halogens is 1. The molecule has 0 radical (unpaired) electrons. The van der Waals surface area contributed by atoms with E-state index in [4.69, 9.17) is 25.5 Å². The van der Waals surface area contributed by atoms with E-state index in [1.54, 1.807) is 19.1 Å². The molecule has 190 valence electrons. The van der Waals surface area contributed by atoms with Gasteiger partial charge in [-0.15, -0.1) is 0 Å². The molecule has 1 saturated heterocycles. The number of benzene rings is 1. The molecule has 1 saturated carbocycles. The second-order valence-corrected chi connectivity index (χ2v) is 10.0. The van der Waals surface area contributed by atoms with Crippen molar-refractivity contribution in [3.05, 3.63) is 38.7 Å². The van der Waals surface area contributed by atoms with Crippen molar-refractivity contribution in [2.45, 2.75) is 58.5 Å². The molecule has 0 bridgehead atoms. The average Bonchev–Trinajstić information content (AvgIpc) is 3.38. The quantitative estimate of drug-likeness (QED) is 0.531. The average molecular weight is 505 g/mol. The number of amides is 2. The number of rotatable bonds is 8. The topological polar surface area (TPSA) is 107 Å². The molecular weight excluding hydrogens is 472 g/mol. The Balaban J connectivity index is 1.20.